The molecule has 1 fully saturated rings. The van der Waals surface area contributed by atoms with Crippen LogP contribution in [-0.2, 0) is 19.7 Å². The molecule has 3 rings (SSSR count). The smallest absolute Gasteiger partial charge is 0.212 e. The number of halogens is 4. The van der Waals surface area contributed by atoms with E-state index in [0.717, 1.165) is 30.7 Å². The van der Waals surface area contributed by atoms with Crippen LogP contribution in [0.2, 0.25) is 0 Å². The van der Waals surface area contributed by atoms with Crippen LogP contribution in [0.1, 0.15) is 36.9 Å². The summed E-state index contributed by atoms with van der Waals surface area (Å²) in [5.74, 6) is -2.14. The molecule has 0 spiro atoms. The lowest BCUT2D eigenvalue weighted by atomic mass is 10.1. The van der Waals surface area contributed by atoms with Crippen LogP contribution < -0.4 is 10.1 Å². The van der Waals surface area contributed by atoms with Crippen molar-refractivity contribution in [2.45, 2.75) is 45.4 Å². The molecule has 8 heteroatoms. The Morgan fingerprint density at radius 1 is 1.19 bits per heavy atom. The van der Waals surface area contributed by atoms with Gasteiger partial charge in [0.2, 0.25) is 5.88 Å². The quantitative estimate of drug-likeness (QED) is 0.721. The van der Waals surface area contributed by atoms with E-state index in [-0.39, 0.29) is 19.0 Å². The first-order chi connectivity index (χ1) is 12.1. The van der Waals surface area contributed by atoms with E-state index in [1.807, 2.05) is 7.05 Å². The number of rotatable bonds is 7. The van der Waals surface area contributed by atoms with Gasteiger partial charge in [0.05, 0.1) is 11.3 Å². The summed E-state index contributed by atoms with van der Waals surface area (Å²) in [6.07, 6.45) is 4.72. The molecule has 1 heterocycles. The lowest BCUT2D eigenvalue weighted by molar-refractivity contribution is 0.251. The Balaban J connectivity index is 0.00000243. The fraction of sp³-hybridized carbons (Fsp3) is 0.500. The second-order valence-corrected chi connectivity index (χ2v) is 6.45. The normalized spacial score (nSPS) is 14.5. The molecule has 0 amide bonds. The van der Waals surface area contributed by atoms with E-state index in [9.17, 15) is 13.2 Å². The van der Waals surface area contributed by atoms with Gasteiger partial charge in [-0.3, -0.25) is 0 Å². The minimum absolute atomic E-state index is 0. The second-order valence-electron chi connectivity index (χ2n) is 6.45. The van der Waals surface area contributed by atoms with Crippen molar-refractivity contribution in [3.05, 3.63) is 46.9 Å². The van der Waals surface area contributed by atoms with Gasteiger partial charge >= 0.3 is 0 Å². The highest BCUT2D eigenvalue weighted by Crippen LogP contribution is 2.28. The number of nitrogens with zero attached hydrogens (tertiary/aromatic N) is 2. The molecular weight excluding hydrogens is 367 g/mol. The van der Waals surface area contributed by atoms with E-state index >= 15 is 0 Å². The molecule has 0 bridgehead atoms. The Morgan fingerprint density at radius 3 is 2.58 bits per heavy atom. The van der Waals surface area contributed by atoms with E-state index in [0.29, 0.717) is 24.9 Å². The average Bonchev–Trinajstić information content (AvgIpc) is 3.22. The summed E-state index contributed by atoms with van der Waals surface area (Å²) in [6, 6.07) is 3.42. The second kappa shape index (κ2) is 9.28. The van der Waals surface area contributed by atoms with E-state index < -0.39 is 23.0 Å². The maximum absolute atomic E-state index is 13.8. The lowest BCUT2D eigenvalue weighted by Crippen LogP contribution is -2.13. The van der Waals surface area contributed by atoms with Gasteiger partial charge in [0.25, 0.3) is 0 Å². The summed E-state index contributed by atoms with van der Waals surface area (Å²) < 4.78 is 48.2. The van der Waals surface area contributed by atoms with Gasteiger partial charge in [-0.1, -0.05) is 12.8 Å². The Hall–Kier alpha value is -1.73. The van der Waals surface area contributed by atoms with Crippen LogP contribution >= 0.6 is 12.4 Å². The predicted octanol–water partition coefficient (Wildman–Crippen LogP) is 4.21. The van der Waals surface area contributed by atoms with Crippen molar-refractivity contribution in [2.75, 3.05) is 7.05 Å². The summed E-state index contributed by atoms with van der Waals surface area (Å²) in [5, 5.41) is 7.52. The van der Waals surface area contributed by atoms with Gasteiger partial charge in [-0.2, -0.15) is 5.10 Å². The SMILES string of the molecule is CNCc1cc(OCc2c(F)ccc(F)c2F)n(CC2CCCC2)n1.Cl. The highest BCUT2D eigenvalue weighted by atomic mass is 35.5. The molecule has 26 heavy (non-hydrogen) atoms. The highest BCUT2D eigenvalue weighted by molar-refractivity contribution is 5.85. The molecule has 2 aromatic rings. The zero-order valence-electron chi connectivity index (χ0n) is 14.6. The van der Waals surface area contributed by atoms with Crippen LogP contribution in [-0.4, -0.2) is 16.8 Å². The Bertz CT molecular complexity index is 733. The van der Waals surface area contributed by atoms with E-state index in [1.165, 1.54) is 12.8 Å². The van der Waals surface area contributed by atoms with Crippen molar-refractivity contribution in [2.24, 2.45) is 5.92 Å². The van der Waals surface area contributed by atoms with E-state index in [1.54, 1.807) is 10.7 Å². The molecule has 4 nitrogen and oxygen atoms in total. The summed E-state index contributed by atoms with van der Waals surface area (Å²) in [7, 11) is 1.81. The van der Waals surface area contributed by atoms with Gasteiger partial charge in [-0.25, -0.2) is 17.9 Å². The first kappa shape index (κ1) is 20.6. The fourth-order valence-electron chi connectivity index (χ4n) is 3.25. The molecular formula is C18H23ClF3N3O. The molecule has 1 saturated carbocycles. The number of benzene rings is 1. The van der Waals surface area contributed by atoms with Crippen LogP contribution in [0.3, 0.4) is 0 Å². The molecule has 1 aliphatic carbocycles. The molecule has 0 saturated heterocycles. The zero-order valence-corrected chi connectivity index (χ0v) is 15.4. The first-order valence-electron chi connectivity index (χ1n) is 8.55. The first-order valence-corrected chi connectivity index (χ1v) is 8.55. The van der Waals surface area contributed by atoms with Crippen LogP contribution in [0.4, 0.5) is 13.2 Å². The van der Waals surface area contributed by atoms with Crippen molar-refractivity contribution in [3.8, 4) is 5.88 Å². The lowest BCUT2D eigenvalue weighted by Gasteiger charge is -2.13. The maximum atomic E-state index is 13.8. The van der Waals surface area contributed by atoms with Crippen molar-refractivity contribution >= 4 is 12.4 Å². The fourth-order valence-corrected chi connectivity index (χ4v) is 3.25. The summed E-state index contributed by atoms with van der Waals surface area (Å²) in [4.78, 5) is 0. The molecule has 144 valence electrons. The van der Waals surface area contributed by atoms with E-state index in [4.69, 9.17) is 4.74 Å². The Morgan fingerprint density at radius 2 is 1.88 bits per heavy atom. The van der Waals surface area contributed by atoms with Gasteiger partial charge in [-0.05, 0) is 37.9 Å². The topological polar surface area (TPSA) is 39.1 Å². The molecule has 1 aromatic carbocycles. The molecule has 0 radical (unpaired) electrons. The average molecular weight is 390 g/mol. The highest BCUT2D eigenvalue weighted by Gasteiger charge is 2.20. The van der Waals surface area contributed by atoms with Gasteiger partial charge in [0.1, 0.15) is 12.4 Å². The van der Waals surface area contributed by atoms with Crippen LogP contribution in [0.15, 0.2) is 18.2 Å². The maximum Gasteiger partial charge on any atom is 0.212 e. The largest absolute Gasteiger partial charge is 0.473 e. The zero-order chi connectivity index (χ0) is 17.8. The van der Waals surface area contributed by atoms with E-state index in [2.05, 4.69) is 10.4 Å². The number of hydrogen-bond donors (Lipinski definition) is 1. The van der Waals surface area contributed by atoms with Crippen molar-refractivity contribution < 1.29 is 17.9 Å². The van der Waals surface area contributed by atoms with Crippen LogP contribution in [0.5, 0.6) is 5.88 Å². The Labute approximate surface area is 157 Å². The number of hydrogen-bond acceptors (Lipinski definition) is 3. The molecule has 0 atom stereocenters. The van der Waals surface area contributed by atoms with Crippen molar-refractivity contribution in [3.63, 3.8) is 0 Å². The molecule has 0 aliphatic heterocycles. The van der Waals surface area contributed by atoms with Crippen molar-refractivity contribution in [1.29, 1.82) is 0 Å². The number of ether oxygens (including phenoxy) is 1. The molecule has 1 aliphatic rings. The summed E-state index contributed by atoms with van der Waals surface area (Å²) in [6.45, 7) is 0.897. The summed E-state index contributed by atoms with van der Waals surface area (Å²) >= 11 is 0. The van der Waals surface area contributed by atoms with Gasteiger partial charge in [0, 0.05) is 19.2 Å². The number of nitrogens with one attached hydrogen (secondary N) is 1. The molecule has 0 unspecified atom stereocenters. The standard InChI is InChI=1S/C18H22F3N3O.ClH/c1-22-9-13-8-17(24(23-13)10-12-4-2-3-5-12)25-11-14-15(19)6-7-16(20)18(14)21;/h6-8,12,22H,2-5,9-11H2,1H3;1H. The predicted molar refractivity (Wildman–Crippen MR) is 94.8 cm³/mol. The third-order valence-corrected chi connectivity index (χ3v) is 4.56. The van der Waals surface area contributed by atoms with Crippen molar-refractivity contribution in [1.82, 2.24) is 15.1 Å². The van der Waals surface area contributed by atoms with Crippen LogP contribution in [0.25, 0.3) is 0 Å². The minimum Gasteiger partial charge on any atom is -0.473 e. The van der Waals surface area contributed by atoms with Crippen LogP contribution in [0, 0.1) is 23.4 Å². The minimum atomic E-state index is -1.21. The molecule has 1 N–H and O–H groups in total. The van der Waals surface area contributed by atoms with Gasteiger partial charge in [-0.15, -0.1) is 12.4 Å². The number of aromatic nitrogens is 2. The Kier molecular flexibility index (Phi) is 7.34. The third-order valence-electron chi connectivity index (χ3n) is 4.56. The molecule has 1 aromatic heterocycles. The van der Waals surface area contributed by atoms with Gasteiger partial charge in [0.15, 0.2) is 11.6 Å². The monoisotopic (exact) mass is 389 g/mol. The third kappa shape index (κ3) is 4.71. The van der Waals surface area contributed by atoms with Gasteiger partial charge < -0.3 is 10.1 Å². The summed E-state index contributed by atoms with van der Waals surface area (Å²) in [5.41, 5.74) is 0.375.